The number of hydrogen-bond acceptors (Lipinski definition) is 3. The fourth-order valence-electron chi connectivity index (χ4n) is 2.06. The molecular formula is C14H13N3OS. The van der Waals surface area contributed by atoms with Gasteiger partial charge < -0.3 is 4.90 Å². The van der Waals surface area contributed by atoms with Crippen molar-refractivity contribution >= 4 is 27.3 Å². The molecule has 19 heavy (non-hydrogen) atoms. The summed E-state index contributed by atoms with van der Waals surface area (Å²) in [5.41, 5.74) is 1.77. The van der Waals surface area contributed by atoms with Gasteiger partial charge in [0, 0.05) is 40.8 Å². The van der Waals surface area contributed by atoms with Gasteiger partial charge in [0.1, 0.15) is 0 Å². The number of thiophene rings is 1. The van der Waals surface area contributed by atoms with Crippen LogP contribution in [0.1, 0.15) is 15.9 Å². The maximum Gasteiger partial charge on any atom is 0.255 e. The summed E-state index contributed by atoms with van der Waals surface area (Å²) in [6, 6.07) is 7.97. The second-order valence-electron chi connectivity index (χ2n) is 4.41. The first-order valence-corrected chi connectivity index (χ1v) is 6.83. The molecule has 3 rings (SSSR count). The van der Waals surface area contributed by atoms with Gasteiger partial charge >= 0.3 is 0 Å². The number of aromatic nitrogens is 2. The number of carbonyl (C=O) groups excluding carboxylic acids is 1. The molecule has 0 bridgehead atoms. The Labute approximate surface area is 114 Å². The largest absolute Gasteiger partial charge is 0.337 e. The van der Waals surface area contributed by atoms with E-state index in [0.29, 0.717) is 6.54 Å². The molecule has 0 unspecified atom stereocenters. The van der Waals surface area contributed by atoms with Crippen LogP contribution in [0.25, 0.3) is 10.1 Å². The van der Waals surface area contributed by atoms with Crippen LogP contribution < -0.4 is 0 Å². The van der Waals surface area contributed by atoms with E-state index in [0.717, 1.165) is 21.2 Å². The quantitative estimate of drug-likeness (QED) is 0.796. The fraction of sp³-hybridized carbons (Fsp3) is 0.143. The Morgan fingerprint density at radius 2 is 2.26 bits per heavy atom. The second-order valence-corrected chi connectivity index (χ2v) is 5.32. The molecule has 0 radical (unpaired) electrons. The van der Waals surface area contributed by atoms with Crippen molar-refractivity contribution in [3.63, 3.8) is 0 Å². The summed E-state index contributed by atoms with van der Waals surface area (Å²) in [6.45, 7) is 0.555. The Hall–Kier alpha value is -2.14. The zero-order chi connectivity index (χ0) is 13.2. The van der Waals surface area contributed by atoms with Crippen LogP contribution in [0.3, 0.4) is 0 Å². The standard InChI is InChI=1S/C14H13N3OS/c1-17(8-10-6-15-16-7-10)14(18)12-9-19-13-5-3-2-4-11(12)13/h2-7,9H,8H2,1H3,(H,15,16). The predicted molar refractivity (Wildman–Crippen MR) is 76.2 cm³/mol. The molecule has 2 aromatic heterocycles. The van der Waals surface area contributed by atoms with Crippen LogP contribution in [0.15, 0.2) is 42.0 Å². The molecule has 5 heteroatoms. The van der Waals surface area contributed by atoms with Crippen molar-refractivity contribution in [2.45, 2.75) is 6.54 Å². The van der Waals surface area contributed by atoms with E-state index in [4.69, 9.17) is 0 Å². The van der Waals surface area contributed by atoms with Gasteiger partial charge in [0.15, 0.2) is 0 Å². The number of fused-ring (bicyclic) bond motifs is 1. The monoisotopic (exact) mass is 271 g/mol. The van der Waals surface area contributed by atoms with Gasteiger partial charge in [0.2, 0.25) is 0 Å². The number of nitrogens with one attached hydrogen (secondary N) is 1. The molecule has 2 heterocycles. The summed E-state index contributed by atoms with van der Waals surface area (Å²) in [7, 11) is 1.81. The van der Waals surface area contributed by atoms with Crippen molar-refractivity contribution in [3.05, 3.63) is 53.2 Å². The topological polar surface area (TPSA) is 49.0 Å². The average molecular weight is 271 g/mol. The molecule has 0 atom stereocenters. The van der Waals surface area contributed by atoms with Crippen molar-refractivity contribution in [2.24, 2.45) is 0 Å². The van der Waals surface area contributed by atoms with E-state index in [2.05, 4.69) is 10.2 Å². The SMILES string of the molecule is CN(Cc1cn[nH]c1)C(=O)c1csc2ccccc12. The lowest BCUT2D eigenvalue weighted by molar-refractivity contribution is 0.0787. The minimum atomic E-state index is 0.0404. The molecule has 1 amide bonds. The first-order valence-electron chi connectivity index (χ1n) is 5.95. The molecular weight excluding hydrogens is 258 g/mol. The van der Waals surface area contributed by atoms with Gasteiger partial charge in [-0.15, -0.1) is 11.3 Å². The lowest BCUT2D eigenvalue weighted by Gasteiger charge is -2.15. The van der Waals surface area contributed by atoms with Crippen LogP contribution in [0, 0.1) is 0 Å². The van der Waals surface area contributed by atoms with Gasteiger partial charge in [-0.1, -0.05) is 18.2 Å². The summed E-state index contributed by atoms with van der Waals surface area (Å²) in [5, 5.41) is 9.59. The van der Waals surface area contributed by atoms with E-state index in [-0.39, 0.29) is 5.91 Å². The molecule has 1 aromatic carbocycles. The zero-order valence-corrected chi connectivity index (χ0v) is 11.3. The highest BCUT2D eigenvalue weighted by molar-refractivity contribution is 7.17. The van der Waals surface area contributed by atoms with E-state index in [1.807, 2.05) is 36.7 Å². The maximum atomic E-state index is 12.4. The Balaban J connectivity index is 1.87. The van der Waals surface area contributed by atoms with Gasteiger partial charge in [-0.3, -0.25) is 9.89 Å². The summed E-state index contributed by atoms with van der Waals surface area (Å²) in [6.07, 6.45) is 3.53. The van der Waals surface area contributed by atoms with E-state index in [9.17, 15) is 4.79 Å². The van der Waals surface area contributed by atoms with Crippen LogP contribution >= 0.6 is 11.3 Å². The predicted octanol–water partition coefficient (Wildman–Crippen LogP) is 2.90. The minimum absolute atomic E-state index is 0.0404. The lowest BCUT2D eigenvalue weighted by atomic mass is 10.1. The summed E-state index contributed by atoms with van der Waals surface area (Å²) in [4.78, 5) is 14.2. The van der Waals surface area contributed by atoms with E-state index < -0.39 is 0 Å². The van der Waals surface area contributed by atoms with Gasteiger partial charge in [0.25, 0.3) is 5.91 Å². The minimum Gasteiger partial charge on any atom is -0.337 e. The Kier molecular flexibility index (Phi) is 3.05. The molecule has 4 nitrogen and oxygen atoms in total. The Bertz CT molecular complexity index is 702. The second kappa shape index (κ2) is 4.85. The number of H-pyrrole nitrogens is 1. The average Bonchev–Trinajstić information content (AvgIpc) is 3.06. The van der Waals surface area contributed by atoms with Crippen LogP contribution in [-0.4, -0.2) is 28.1 Å². The third-order valence-corrected chi connectivity index (χ3v) is 4.00. The summed E-state index contributed by atoms with van der Waals surface area (Å²) < 4.78 is 1.14. The number of benzene rings is 1. The number of aromatic amines is 1. The molecule has 0 saturated carbocycles. The molecule has 1 N–H and O–H groups in total. The lowest BCUT2D eigenvalue weighted by Crippen LogP contribution is -2.25. The van der Waals surface area contributed by atoms with Crippen LogP contribution in [0.4, 0.5) is 0 Å². The highest BCUT2D eigenvalue weighted by Crippen LogP contribution is 2.26. The molecule has 0 fully saturated rings. The molecule has 0 aliphatic carbocycles. The van der Waals surface area contributed by atoms with Crippen LogP contribution in [-0.2, 0) is 6.54 Å². The van der Waals surface area contributed by atoms with E-state index >= 15 is 0 Å². The maximum absolute atomic E-state index is 12.4. The molecule has 96 valence electrons. The number of hydrogen-bond donors (Lipinski definition) is 1. The highest BCUT2D eigenvalue weighted by Gasteiger charge is 2.16. The van der Waals surface area contributed by atoms with Crippen LogP contribution in [0.2, 0.25) is 0 Å². The normalized spacial score (nSPS) is 10.8. The van der Waals surface area contributed by atoms with Gasteiger partial charge in [0.05, 0.1) is 11.8 Å². The number of nitrogens with zero attached hydrogens (tertiary/aromatic N) is 2. The van der Waals surface area contributed by atoms with Crippen molar-refractivity contribution in [1.29, 1.82) is 0 Å². The van der Waals surface area contributed by atoms with Gasteiger partial charge in [-0.25, -0.2) is 0 Å². The van der Waals surface area contributed by atoms with Gasteiger partial charge in [-0.2, -0.15) is 5.10 Å². The van der Waals surface area contributed by atoms with E-state index in [1.165, 1.54) is 0 Å². The summed E-state index contributed by atoms with van der Waals surface area (Å²) in [5.74, 6) is 0.0404. The smallest absolute Gasteiger partial charge is 0.255 e. The number of amides is 1. The number of rotatable bonds is 3. The van der Waals surface area contributed by atoms with Gasteiger partial charge in [-0.05, 0) is 6.07 Å². The first-order chi connectivity index (χ1) is 9.25. The van der Waals surface area contributed by atoms with E-state index in [1.54, 1.807) is 28.6 Å². The van der Waals surface area contributed by atoms with Crippen LogP contribution in [0.5, 0.6) is 0 Å². The third kappa shape index (κ3) is 2.24. The summed E-state index contributed by atoms with van der Waals surface area (Å²) >= 11 is 1.60. The van der Waals surface area contributed by atoms with Crippen molar-refractivity contribution in [2.75, 3.05) is 7.05 Å². The van der Waals surface area contributed by atoms with Crippen molar-refractivity contribution in [1.82, 2.24) is 15.1 Å². The Morgan fingerprint density at radius 3 is 3.05 bits per heavy atom. The first kappa shape index (κ1) is 11.9. The highest BCUT2D eigenvalue weighted by atomic mass is 32.1. The molecule has 3 aromatic rings. The molecule has 0 aliphatic heterocycles. The molecule has 0 aliphatic rings. The van der Waals surface area contributed by atoms with Crippen molar-refractivity contribution in [3.8, 4) is 0 Å². The molecule has 0 spiro atoms. The number of carbonyl (C=O) groups is 1. The zero-order valence-electron chi connectivity index (χ0n) is 10.5. The third-order valence-electron chi connectivity index (χ3n) is 3.03. The molecule has 0 saturated heterocycles. The fourth-order valence-corrected chi connectivity index (χ4v) is 2.99. The Morgan fingerprint density at radius 1 is 1.42 bits per heavy atom. The van der Waals surface area contributed by atoms with Crippen molar-refractivity contribution < 1.29 is 4.79 Å².